The summed E-state index contributed by atoms with van der Waals surface area (Å²) in [5.41, 5.74) is 1.59. The summed E-state index contributed by atoms with van der Waals surface area (Å²) in [7, 11) is 0. The molecule has 0 saturated heterocycles. The number of carboxylic acids is 1. The van der Waals surface area contributed by atoms with Gasteiger partial charge >= 0.3 is 5.97 Å². The van der Waals surface area contributed by atoms with Crippen LogP contribution >= 0.6 is 0 Å². The van der Waals surface area contributed by atoms with Gasteiger partial charge in [0.2, 0.25) is 0 Å². The molecule has 0 aliphatic rings. The largest absolute Gasteiger partial charge is 0.481 e. The highest BCUT2D eigenvalue weighted by Gasteiger charge is 2.19. The zero-order valence-corrected chi connectivity index (χ0v) is 11.4. The van der Waals surface area contributed by atoms with Gasteiger partial charge in [0, 0.05) is 17.6 Å². The molecule has 0 radical (unpaired) electrons. The minimum Gasteiger partial charge on any atom is -0.481 e. The van der Waals surface area contributed by atoms with Crippen LogP contribution in [0.5, 0.6) is 0 Å². The molecule has 102 valence electrons. The van der Waals surface area contributed by atoms with Crippen molar-refractivity contribution >= 4 is 16.9 Å². The van der Waals surface area contributed by atoms with E-state index < -0.39 is 5.97 Å². The molecule has 0 aliphatic carbocycles. The number of rotatable bonds is 4. The molecule has 2 aromatic rings. The number of benzene rings is 1. The quantitative estimate of drug-likeness (QED) is 0.907. The molecule has 0 spiro atoms. The number of halogens is 1. The summed E-state index contributed by atoms with van der Waals surface area (Å²) < 4.78 is 16.1. The Morgan fingerprint density at radius 1 is 1.37 bits per heavy atom. The summed E-state index contributed by atoms with van der Waals surface area (Å²) in [5, 5.41) is 9.45. The standard InChI is InChI=1S/C15H18FNO2/c1-9(2)17-8-11(10(3)7-14(18)19)15-12(16)5-4-6-13(15)17/h4-6,8-10H,7H2,1-3H3,(H,18,19). The van der Waals surface area contributed by atoms with E-state index in [-0.39, 0.29) is 24.2 Å². The second-order valence-corrected chi connectivity index (χ2v) is 5.22. The molecule has 1 aromatic carbocycles. The number of aromatic nitrogens is 1. The van der Waals surface area contributed by atoms with Crippen LogP contribution < -0.4 is 0 Å². The maximum Gasteiger partial charge on any atom is 0.303 e. The minimum absolute atomic E-state index is 0.00550. The number of hydrogen-bond acceptors (Lipinski definition) is 1. The lowest BCUT2D eigenvalue weighted by Gasteiger charge is -2.08. The number of aliphatic carboxylic acids is 1. The highest BCUT2D eigenvalue weighted by molar-refractivity contribution is 5.86. The summed E-state index contributed by atoms with van der Waals surface area (Å²) in [5.74, 6) is -1.37. The molecule has 1 N–H and O–H groups in total. The fourth-order valence-electron chi connectivity index (χ4n) is 2.47. The lowest BCUT2D eigenvalue weighted by molar-refractivity contribution is -0.137. The van der Waals surface area contributed by atoms with Crippen LogP contribution in [-0.4, -0.2) is 15.6 Å². The first-order valence-electron chi connectivity index (χ1n) is 6.42. The minimum atomic E-state index is -0.866. The van der Waals surface area contributed by atoms with E-state index in [9.17, 15) is 9.18 Å². The molecular weight excluding hydrogens is 245 g/mol. The van der Waals surface area contributed by atoms with Gasteiger partial charge < -0.3 is 9.67 Å². The van der Waals surface area contributed by atoms with E-state index in [1.165, 1.54) is 6.07 Å². The third-order valence-electron chi connectivity index (χ3n) is 3.40. The van der Waals surface area contributed by atoms with Gasteiger partial charge in [-0.1, -0.05) is 13.0 Å². The van der Waals surface area contributed by atoms with E-state index in [0.29, 0.717) is 5.39 Å². The van der Waals surface area contributed by atoms with Crippen LogP contribution in [0.2, 0.25) is 0 Å². The number of carboxylic acid groups (broad SMARTS) is 1. The Morgan fingerprint density at radius 3 is 2.63 bits per heavy atom. The number of hydrogen-bond donors (Lipinski definition) is 1. The highest BCUT2D eigenvalue weighted by atomic mass is 19.1. The van der Waals surface area contributed by atoms with Gasteiger partial charge in [0.1, 0.15) is 5.82 Å². The summed E-state index contributed by atoms with van der Waals surface area (Å²) in [6.45, 7) is 5.87. The van der Waals surface area contributed by atoms with Crippen molar-refractivity contribution in [2.45, 2.75) is 39.2 Å². The zero-order valence-electron chi connectivity index (χ0n) is 11.4. The molecule has 1 atom stereocenters. The summed E-state index contributed by atoms with van der Waals surface area (Å²) in [6, 6.07) is 5.18. The summed E-state index contributed by atoms with van der Waals surface area (Å²) in [6.07, 6.45) is 1.89. The Labute approximate surface area is 111 Å². The van der Waals surface area contributed by atoms with Crippen LogP contribution in [0.3, 0.4) is 0 Å². The van der Waals surface area contributed by atoms with Gasteiger partial charge in [-0.15, -0.1) is 0 Å². The average Bonchev–Trinajstić information content (AvgIpc) is 2.69. The van der Waals surface area contributed by atoms with Crippen LogP contribution in [0.15, 0.2) is 24.4 Å². The molecule has 2 rings (SSSR count). The molecule has 0 amide bonds. The molecule has 0 saturated carbocycles. The number of carbonyl (C=O) groups is 1. The first-order valence-corrected chi connectivity index (χ1v) is 6.42. The van der Waals surface area contributed by atoms with E-state index in [2.05, 4.69) is 0 Å². The predicted octanol–water partition coefficient (Wildman–Crippen LogP) is 3.94. The fraction of sp³-hybridized carbons (Fsp3) is 0.400. The molecule has 0 aliphatic heterocycles. The average molecular weight is 263 g/mol. The first kappa shape index (κ1) is 13.6. The number of fused-ring (bicyclic) bond motifs is 1. The topological polar surface area (TPSA) is 42.2 Å². The van der Waals surface area contributed by atoms with E-state index in [0.717, 1.165) is 11.1 Å². The molecule has 1 heterocycles. The monoisotopic (exact) mass is 263 g/mol. The second kappa shape index (κ2) is 5.03. The Kier molecular flexibility index (Phi) is 3.60. The molecule has 1 unspecified atom stereocenters. The Hall–Kier alpha value is -1.84. The van der Waals surface area contributed by atoms with Crippen molar-refractivity contribution in [1.82, 2.24) is 4.57 Å². The first-order chi connectivity index (χ1) is 8.91. The van der Waals surface area contributed by atoms with Crippen molar-refractivity contribution < 1.29 is 14.3 Å². The van der Waals surface area contributed by atoms with Crippen LogP contribution in [0.1, 0.15) is 44.7 Å². The fourth-order valence-corrected chi connectivity index (χ4v) is 2.47. The van der Waals surface area contributed by atoms with Gasteiger partial charge in [-0.25, -0.2) is 4.39 Å². The van der Waals surface area contributed by atoms with Crippen LogP contribution in [-0.2, 0) is 4.79 Å². The normalized spacial score (nSPS) is 13.1. The molecule has 0 fully saturated rings. The third kappa shape index (κ3) is 2.48. The van der Waals surface area contributed by atoms with Crippen LogP contribution in [0.25, 0.3) is 10.9 Å². The summed E-state index contributed by atoms with van der Waals surface area (Å²) in [4.78, 5) is 10.8. The van der Waals surface area contributed by atoms with E-state index >= 15 is 0 Å². The maximum atomic E-state index is 14.1. The van der Waals surface area contributed by atoms with Gasteiger partial charge in [-0.05, 0) is 37.5 Å². The molecule has 4 heteroatoms. The van der Waals surface area contributed by atoms with Crippen molar-refractivity contribution in [3.8, 4) is 0 Å². The SMILES string of the molecule is CC(CC(=O)O)c1cn(C(C)C)c2cccc(F)c12. The lowest BCUT2D eigenvalue weighted by Crippen LogP contribution is -2.03. The Bertz CT molecular complexity index is 616. The molecular formula is C15H18FNO2. The van der Waals surface area contributed by atoms with Gasteiger partial charge in [-0.2, -0.15) is 0 Å². The van der Waals surface area contributed by atoms with Crippen molar-refractivity contribution in [3.05, 3.63) is 35.8 Å². The smallest absolute Gasteiger partial charge is 0.303 e. The highest BCUT2D eigenvalue weighted by Crippen LogP contribution is 2.33. The van der Waals surface area contributed by atoms with E-state index in [4.69, 9.17) is 5.11 Å². The molecule has 0 bridgehead atoms. The number of nitrogens with zero attached hydrogens (tertiary/aromatic N) is 1. The third-order valence-corrected chi connectivity index (χ3v) is 3.40. The van der Waals surface area contributed by atoms with Crippen molar-refractivity contribution in [1.29, 1.82) is 0 Å². The van der Waals surface area contributed by atoms with Gasteiger partial charge in [0.15, 0.2) is 0 Å². The van der Waals surface area contributed by atoms with Crippen molar-refractivity contribution in [2.24, 2.45) is 0 Å². The summed E-state index contributed by atoms with van der Waals surface area (Å²) >= 11 is 0. The van der Waals surface area contributed by atoms with E-state index in [1.54, 1.807) is 6.07 Å². The van der Waals surface area contributed by atoms with Crippen molar-refractivity contribution in [3.63, 3.8) is 0 Å². The maximum absolute atomic E-state index is 14.1. The Morgan fingerprint density at radius 2 is 2.05 bits per heavy atom. The van der Waals surface area contributed by atoms with Gasteiger partial charge in [0.25, 0.3) is 0 Å². The molecule has 1 aromatic heterocycles. The van der Waals surface area contributed by atoms with Gasteiger partial charge in [0.05, 0.1) is 11.9 Å². The molecule has 19 heavy (non-hydrogen) atoms. The van der Waals surface area contributed by atoms with E-state index in [1.807, 2.05) is 37.6 Å². The van der Waals surface area contributed by atoms with Crippen LogP contribution in [0, 0.1) is 5.82 Å². The lowest BCUT2D eigenvalue weighted by atomic mass is 9.97. The zero-order chi connectivity index (χ0) is 14.2. The van der Waals surface area contributed by atoms with Gasteiger partial charge in [-0.3, -0.25) is 4.79 Å². The Balaban J connectivity index is 2.63. The second-order valence-electron chi connectivity index (χ2n) is 5.22. The van der Waals surface area contributed by atoms with Crippen LogP contribution in [0.4, 0.5) is 4.39 Å². The molecule has 3 nitrogen and oxygen atoms in total. The van der Waals surface area contributed by atoms with Crippen molar-refractivity contribution in [2.75, 3.05) is 0 Å². The predicted molar refractivity (Wildman–Crippen MR) is 72.9 cm³/mol.